The van der Waals surface area contributed by atoms with Crippen LogP contribution in [0, 0.1) is 5.92 Å². The average Bonchev–Trinajstić information content (AvgIpc) is 3.31. The first-order valence-electron chi connectivity index (χ1n) is 8.05. The molecule has 4 heterocycles. The second-order valence-corrected chi connectivity index (χ2v) is 6.33. The third-order valence-corrected chi connectivity index (χ3v) is 4.68. The first kappa shape index (κ1) is 14.4. The van der Waals surface area contributed by atoms with Gasteiger partial charge in [0.25, 0.3) is 0 Å². The molecule has 2 fully saturated rings. The fraction of sp³-hybridized carbons (Fsp3) is 0.500. The summed E-state index contributed by atoms with van der Waals surface area (Å²) in [4.78, 5) is 8.94. The molecule has 0 aromatic heterocycles. The maximum absolute atomic E-state index is 13.7. The third-order valence-electron chi connectivity index (χ3n) is 4.68. The van der Waals surface area contributed by atoms with Gasteiger partial charge in [0.1, 0.15) is 5.84 Å². The Bertz CT molecular complexity index is 668. The SMILES string of the molecule is C=C(/C=C1\CN=C(C)NC1=NC1C(F)=C2NN21)C1CCNCC1. The van der Waals surface area contributed by atoms with E-state index < -0.39 is 6.17 Å². The van der Waals surface area contributed by atoms with E-state index in [0.717, 1.165) is 42.9 Å². The molecule has 7 heteroatoms. The van der Waals surface area contributed by atoms with Gasteiger partial charge in [-0.15, -0.1) is 0 Å². The zero-order valence-electron chi connectivity index (χ0n) is 13.2. The molecule has 0 radical (unpaired) electrons. The van der Waals surface area contributed by atoms with Crippen LogP contribution in [-0.2, 0) is 0 Å². The van der Waals surface area contributed by atoms with Crippen LogP contribution in [-0.4, -0.2) is 42.5 Å². The van der Waals surface area contributed by atoms with Crippen molar-refractivity contribution in [3.63, 3.8) is 0 Å². The van der Waals surface area contributed by atoms with Gasteiger partial charge in [0.05, 0.1) is 12.4 Å². The van der Waals surface area contributed by atoms with Crippen molar-refractivity contribution in [2.45, 2.75) is 25.9 Å². The molecule has 0 aliphatic carbocycles. The lowest BCUT2D eigenvalue weighted by molar-refractivity contribution is 0.330. The van der Waals surface area contributed by atoms with Gasteiger partial charge in [-0.2, -0.15) is 0 Å². The zero-order chi connectivity index (χ0) is 16.0. The number of fused-ring (bicyclic) bond motifs is 1. The van der Waals surface area contributed by atoms with Crippen LogP contribution in [0.25, 0.3) is 0 Å². The van der Waals surface area contributed by atoms with Gasteiger partial charge in [0.2, 0.25) is 0 Å². The van der Waals surface area contributed by atoms with Crippen LogP contribution >= 0.6 is 0 Å². The van der Waals surface area contributed by atoms with Crippen molar-refractivity contribution in [1.29, 1.82) is 0 Å². The first-order chi connectivity index (χ1) is 11.1. The molecule has 0 spiro atoms. The lowest BCUT2D eigenvalue weighted by atomic mass is 9.89. The van der Waals surface area contributed by atoms with Crippen LogP contribution in [0.5, 0.6) is 0 Å². The summed E-state index contributed by atoms with van der Waals surface area (Å²) in [5.74, 6) is 2.36. The monoisotopic (exact) mass is 316 g/mol. The van der Waals surface area contributed by atoms with E-state index in [9.17, 15) is 4.39 Å². The molecular weight excluding hydrogens is 295 g/mol. The normalized spacial score (nSPS) is 30.4. The van der Waals surface area contributed by atoms with Crippen LogP contribution in [0.4, 0.5) is 4.39 Å². The minimum absolute atomic E-state index is 0.198. The molecule has 4 aliphatic rings. The van der Waals surface area contributed by atoms with Gasteiger partial charge in [0, 0.05) is 5.57 Å². The second-order valence-electron chi connectivity index (χ2n) is 6.33. The van der Waals surface area contributed by atoms with Gasteiger partial charge in [-0.05, 0) is 38.8 Å². The summed E-state index contributed by atoms with van der Waals surface area (Å²) in [5, 5.41) is 8.25. The highest BCUT2D eigenvalue weighted by Crippen LogP contribution is 2.39. The highest BCUT2D eigenvalue weighted by Gasteiger charge is 2.51. The van der Waals surface area contributed by atoms with E-state index >= 15 is 0 Å². The average molecular weight is 316 g/mol. The number of nitrogens with zero attached hydrogens (tertiary/aromatic N) is 3. The van der Waals surface area contributed by atoms with Gasteiger partial charge in [-0.1, -0.05) is 18.2 Å². The molecule has 1 unspecified atom stereocenters. The molecule has 6 nitrogen and oxygen atoms in total. The number of allylic oxidation sites excluding steroid dienone is 2. The summed E-state index contributed by atoms with van der Waals surface area (Å²) in [6.07, 6.45) is 3.74. The number of hydrogen-bond acceptors (Lipinski definition) is 5. The van der Waals surface area contributed by atoms with E-state index in [1.165, 1.54) is 0 Å². The Kier molecular flexibility index (Phi) is 3.45. The first-order valence-corrected chi connectivity index (χ1v) is 8.05. The van der Waals surface area contributed by atoms with Gasteiger partial charge in [-0.25, -0.2) is 14.4 Å². The van der Waals surface area contributed by atoms with Crippen molar-refractivity contribution in [3.05, 3.63) is 35.4 Å². The Morgan fingerprint density at radius 1 is 1.43 bits per heavy atom. The van der Waals surface area contributed by atoms with E-state index in [0.29, 0.717) is 24.1 Å². The number of aliphatic imine (C=N–C) groups is 2. The maximum atomic E-state index is 13.7. The molecule has 3 N–H and O–H groups in total. The number of piperidine rings is 1. The van der Waals surface area contributed by atoms with Gasteiger partial charge < -0.3 is 10.6 Å². The van der Waals surface area contributed by atoms with Crippen LogP contribution in [0.1, 0.15) is 19.8 Å². The van der Waals surface area contributed by atoms with Crippen molar-refractivity contribution >= 4 is 11.7 Å². The van der Waals surface area contributed by atoms with Gasteiger partial charge in [-0.3, -0.25) is 10.4 Å². The number of amidine groups is 2. The van der Waals surface area contributed by atoms with Crippen LogP contribution in [0.3, 0.4) is 0 Å². The Morgan fingerprint density at radius 2 is 2.22 bits per heavy atom. The van der Waals surface area contributed by atoms with Crippen molar-refractivity contribution in [2.24, 2.45) is 15.9 Å². The third kappa shape index (κ3) is 2.65. The quantitative estimate of drug-likeness (QED) is 0.684. The van der Waals surface area contributed by atoms with Crippen LogP contribution < -0.4 is 16.1 Å². The standard InChI is InChI=1S/C16H21FN6/c1-9(11-3-5-18-6-4-11)7-12-8-19-10(2)20-14(12)21-15-13(17)16-22-23(15)16/h7,11,15,18,22H,1,3-6,8H2,2H3,(H,19,20,21)/b12-7+. The Labute approximate surface area is 134 Å². The molecule has 4 rings (SSSR count). The minimum Gasteiger partial charge on any atom is -0.329 e. The number of nitrogens with one attached hydrogen (secondary N) is 3. The Hall–Kier alpha value is -2.15. The number of halogens is 1. The summed E-state index contributed by atoms with van der Waals surface area (Å²) in [7, 11) is 0. The lowest BCUT2D eigenvalue weighted by Crippen LogP contribution is -2.38. The van der Waals surface area contributed by atoms with Crippen LogP contribution in [0.15, 0.2) is 45.4 Å². The van der Waals surface area contributed by atoms with Crippen LogP contribution in [0.2, 0.25) is 0 Å². The molecule has 4 aliphatic heterocycles. The van der Waals surface area contributed by atoms with E-state index in [2.05, 4.69) is 38.7 Å². The van der Waals surface area contributed by atoms with E-state index in [-0.39, 0.29) is 5.83 Å². The van der Waals surface area contributed by atoms with E-state index in [1.54, 1.807) is 5.01 Å². The molecule has 2 saturated heterocycles. The molecular formula is C16H21FN6. The predicted molar refractivity (Wildman–Crippen MR) is 88.3 cm³/mol. The number of rotatable bonds is 3. The summed E-state index contributed by atoms with van der Waals surface area (Å²) < 4.78 is 13.7. The largest absolute Gasteiger partial charge is 0.329 e. The molecule has 23 heavy (non-hydrogen) atoms. The molecule has 0 saturated carbocycles. The molecule has 0 amide bonds. The van der Waals surface area contributed by atoms with Gasteiger partial charge >= 0.3 is 0 Å². The molecule has 0 bridgehead atoms. The Morgan fingerprint density at radius 3 is 2.91 bits per heavy atom. The summed E-state index contributed by atoms with van der Waals surface area (Å²) in [6, 6.07) is 0. The number of hydrazine groups is 1. The fourth-order valence-electron chi connectivity index (χ4n) is 3.18. The Balaban J connectivity index is 1.55. The maximum Gasteiger partial charge on any atom is 0.199 e. The topological polar surface area (TPSA) is 73.7 Å². The molecule has 0 aromatic carbocycles. The molecule has 0 aromatic rings. The second kappa shape index (κ2) is 5.49. The summed E-state index contributed by atoms with van der Waals surface area (Å²) in [5.41, 5.74) is 4.93. The van der Waals surface area contributed by atoms with Crippen molar-refractivity contribution in [2.75, 3.05) is 19.6 Å². The lowest BCUT2D eigenvalue weighted by Gasteiger charge is -2.25. The summed E-state index contributed by atoms with van der Waals surface area (Å²) in [6.45, 7) is 8.75. The zero-order valence-corrected chi connectivity index (χ0v) is 13.2. The summed E-state index contributed by atoms with van der Waals surface area (Å²) >= 11 is 0. The highest BCUT2D eigenvalue weighted by molar-refractivity contribution is 6.11. The van der Waals surface area contributed by atoms with Crippen molar-refractivity contribution in [1.82, 2.24) is 21.1 Å². The van der Waals surface area contributed by atoms with Gasteiger partial charge in [0.15, 0.2) is 17.8 Å². The van der Waals surface area contributed by atoms with Crippen molar-refractivity contribution < 1.29 is 4.39 Å². The fourth-order valence-corrected chi connectivity index (χ4v) is 3.18. The van der Waals surface area contributed by atoms with E-state index in [4.69, 9.17) is 0 Å². The molecule has 122 valence electrons. The minimum atomic E-state index is -0.547. The van der Waals surface area contributed by atoms with E-state index in [1.807, 2.05) is 6.92 Å². The molecule has 1 atom stereocenters. The predicted octanol–water partition coefficient (Wildman–Crippen LogP) is 1.19. The number of hydrogen-bond donors (Lipinski definition) is 3. The smallest absolute Gasteiger partial charge is 0.199 e. The van der Waals surface area contributed by atoms with Crippen molar-refractivity contribution in [3.8, 4) is 0 Å². The highest BCUT2D eigenvalue weighted by atomic mass is 19.1.